The Labute approximate surface area is 94.0 Å². The van der Waals surface area contributed by atoms with E-state index in [1.165, 1.54) is 11.6 Å². The highest BCUT2D eigenvalue weighted by molar-refractivity contribution is 7.83. The van der Waals surface area contributed by atoms with Crippen molar-refractivity contribution >= 4 is 21.9 Å². The third-order valence-electron chi connectivity index (χ3n) is 1.48. The number of hydrogen-bond acceptors (Lipinski definition) is 4. The van der Waals surface area contributed by atoms with Crippen LogP contribution in [0.2, 0.25) is 0 Å². The molecule has 0 aliphatic heterocycles. The minimum absolute atomic E-state index is 0.0406. The first-order valence-electron chi connectivity index (χ1n) is 4.07. The number of ether oxygens (including phenoxy) is 1. The predicted octanol–water partition coefficient (Wildman–Crippen LogP) is -0.149. The monoisotopic (exact) mass is 259 g/mol. The Morgan fingerprint density at radius 3 is 2.67 bits per heavy atom. The fraction of sp³-hybridized carbons (Fsp3) is 0.714. The van der Waals surface area contributed by atoms with Crippen molar-refractivity contribution in [1.29, 1.82) is 0 Å². The average Bonchev–Trinajstić information content (AvgIpc) is 2.11. The van der Waals surface area contributed by atoms with E-state index >= 15 is 0 Å². The van der Waals surface area contributed by atoms with Gasteiger partial charge in [-0.3, -0.25) is 4.55 Å². The largest absolute Gasteiger partial charge is 0.389 e. The average molecular weight is 260 g/mol. The molecule has 0 saturated carbocycles. The summed E-state index contributed by atoms with van der Waals surface area (Å²) in [5, 5.41) is 9.28. The summed E-state index contributed by atoms with van der Waals surface area (Å²) in [6, 6.07) is 0. The molecule has 0 heterocycles. The van der Waals surface area contributed by atoms with Gasteiger partial charge in [0.15, 0.2) is 0 Å². The van der Waals surface area contributed by atoms with E-state index in [1.54, 1.807) is 0 Å². The van der Waals surface area contributed by atoms with Gasteiger partial charge in [-0.25, -0.2) is 0 Å². The van der Waals surface area contributed by atoms with Crippen molar-refractivity contribution in [2.75, 3.05) is 26.8 Å². The molecule has 15 heavy (non-hydrogen) atoms. The molecule has 8 heteroatoms. The van der Waals surface area contributed by atoms with Gasteiger partial charge in [0.05, 0.1) is 19.3 Å². The third-order valence-corrected chi connectivity index (χ3v) is 2.59. The van der Waals surface area contributed by atoms with Crippen molar-refractivity contribution in [2.24, 2.45) is 0 Å². The maximum atomic E-state index is 10.5. The molecule has 0 aromatic rings. The van der Waals surface area contributed by atoms with Gasteiger partial charge in [-0.05, 0) is 6.08 Å². The second-order valence-electron chi connectivity index (χ2n) is 2.81. The molecule has 0 spiro atoms. The van der Waals surface area contributed by atoms with E-state index in [4.69, 9.17) is 20.9 Å². The molecule has 0 amide bonds. The van der Waals surface area contributed by atoms with Crippen LogP contribution in [0.1, 0.15) is 0 Å². The number of rotatable bonds is 7. The second-order valence-corrected chi connectivity index (χ2v) is 4.58. The highest BCUT2D eigenvalue weighted by Gasteiger charge is 2.17. The van der Waals surface area contributed by atoms with E-state index in [-0.39, 0.29) is 19.8 Å². The molecule has 0 fully saturated rings. The van der Waals surface area contributed by atoms with Gasteiger partial charge in [0.2, 0.25) is 0 Å². The zero-order valence-electron chi connectivity index (χ0n) is 8.21. The molecule has 0 aromatic carbocycles. The van der Waals surface area contributed by atoms with Crippen molar-refractivity contribution in [3.63, 3.8) is 0 Å². The van der Waals surface area contributed by atoms with Crippen molar-refractivity contribution in [1.82, 2.24) is 4.31 Å². The molecule has 0 aliphatic rings. The van der Waals surface area contributed by atoms with E-state index in [0.717, 1.165) is 7.05 Å². The minimum Gasteiger partial charge on any atom is -0.389 e. The summed E-state index contributed by atoms with van der Waals surface area (Å²) in [6.45, 7) is -0.0410. The molecule has 0 saturated heterocycles. The fourth-order valence-corrected chi connectivity index (χ4v) is 1.19. The second kappa shape index (κ2) is 7.15. The summed E-state index contributed by atoms with van der Waals surface area (Å²) in [7, 11) is -3.10. The van der Waals surface area contributed by atoms with E-state index in [2.05, 4.69) is 0 Å². The molecular weight excluding hydrogens is 246 g/mol. The van der Waals surface area contributed by atoms with Crippen LogP contribution in [0.25, 0.3) is 0 Å². The fourth-order valence-electron chi connectivity index (χ4n) is 0.752. The van der Waals surface area contributed by atoms with E-state index < -0.39 is 16.4 Å². The molecule has 1 atom stereocenters. The van der Waals surface area contributed by atoms with Crippen LogP contribution in [0.4, 0.5) is 0 Å². The molecule has 0 bridgehead atoms. The first kappa shape index (κ1) is 14.8. The first-order valence-corrected chi connectivity index (χ1v) is 5.91. The number of hydrogen-bond donors (Lipinski definition) is 2. The van der Waals surface area contributed by atoms with Crippen molar-refractivity contribution < 1.29 is 22.8 Å². The van der Waals surface area contributed by atoms with Gasteiger partial charge in [0.1, 0.15) is 0 Å². The topological polar surface area (TPSA) is 87.1 Å². The van der Waals surface area contributed by atoms with Crippen molar-refractivity contribution in [3.05, 3.63) is 11.6 Å². The van der Waals surface area contributed by atoms with Crippen LogP contribution in [0.3, 0.4) is 0 Å². The highest BCUT2D eigenvalue weighted by atomic mass is 35.5. The standard InChI is InChI=1S/C7H14ClNO5S/c1-9(15(11,12)13)5-7(10)6-14-4-2-3-8/h2-3,7,10H,4-6H2,1H3,(H,11,12,13). The number of nitrogens with zero attached hydrogens (tertiary/aromatic N) is 1. The summed E-state index contributed by atoms with van der Waals surface area (Å²) in [6.07, 6.45) is 0.529. The third kappa shape index (κ3) is 7.71. The van der Waals surface area contributed by atoms with Crippen LogP contribution < -0.4 is 0 Å². The molecule has 2 N–H and O–H groups in total. The SMILES string of the molecule is CN(CC(O)COCC=CCl)S(=O)(=O)O. The summed E-state index contributed by atoms with van der Waals surface area (Å²) in [5.74, 6) is 0. The van der Waals surface area contributed by atoms with Crippen LogP contribution in [-0.2, 0) is 15.0 Å². The number of halogens is 1. The van der Waals surface area contributed by atoms with E-state index in [0.29, 0.717) is 4.31 Å². The summed E-state index contributed by atoms with van der Waals surface area (Å²) >= 11 is 5.22. The van der Waals surface area contributed by atoms with Gasteiger partial charge < -0.3 is 9.84 Å². The van der Waals surface area contributed by atoms with Gasteiger partial charge in [0, 0.05) is 19.1 Å². The Kier molecular flexibility index (Phi) is 7.07. The zero-order chi connectivity index (χ0) is 11.9. The van der Waals surface area contributed by atoms with E-state index in [1.807, 2.05) is 0 Å². The van der Waals surface area contributed by atoms with Crippen LogP contribution >= 0.6 is 11.6 Å². The Morgan fingerprint density at radius 2 is 2.20 bits per heavy atom. The summed E-state index contributed by atoms with van der Waals surface area (Å²) in [5.41, 5.74) is 1.27. The molecule has 1 unspecified atom stereocenters. The first-order chi connectivity index (χ1) is 6.88. The van der Waals surface area contributed by atoms with Crippen LogP contribution in [0.15, 0.2) is 11.6 Å². The normalized spacial score (nSPS) is 15.0. The Bertz CT molecular complexity index is 292. The van der Waals surface area contributed by atoms with E-state index in [9.17, 15) is 13.5 Å². The van der Waals surface area contributed by atoms with Gasteiger partial charge in [-0.2, -0.15) is 12.7 Å². The van der Waals surface area contributed by atoms with Gasteiger partial charge >= 0.3 is 10.3 Å². The Morgan fingerprint density at radius 1 is 1.60 bits per heavy atom. The van der Waals surface area contributed by atoms with Crippen LogP contribution in [0, 0.1) is 0 Å². The Hall–Kier alpha value is -0.180. The highest BCUT2D eigenvalue weighted by Crippen LogP contribution is 1.96. The number of aliphatic hydroxyl groups excluding tert-OH is 1. The number of aliphatic hydroxyl groups is 1. The molecule has 6 nitrogen and oxygen atoms in total. The molecule has 0 rings (SSSR count). The predicted molar refractivity (Wildman–Crippen MR) is 56.0 cm³/mol. The van der Waals surface area contributed by atoms with Crippen LogP contribution in [-0.4, -0.2) is 55.3 Å². The van der Waals surface area contributed by atoms with Crippen molar-refractivity contribution in [2.45, 2.75) is 6.10 Å². The quantitative estimate of drug-likeness (QED) is 0.491. The molecule has 0 aromatic heterocycles. The van der Waals surface area contributed by atoms with Gasteiger partial charge in [-0.1, -0.05) is 11.6 Å². The lowest BCUT2D eigenvalue weighted by atomic mass is 10.4. The van der Waals surface area contributed by atoms with Gasteiger partial charge in [0.25, 0.3) is 0 Å². The molecule has 0 aliphatic carbocycles. The number of likely N-dealkylation sites (N-methyl/N-ethyl adjacent to an activating group) is 1. The minimum atomic E-state index is -4.25. The lowest BCUT2D eigenvalue weighted by Crippen LogP contribution is -2.36. The lowest BCUT2D eigenvalue weighted by Gasteiger charge is -2.16. The summed E-state index contributed by atoms with van der Waals surface area (Å²) in [4.78, 5) is 0. The maximum absolute atomic E-state index is 10.5. The summed E-state index contributed by atoms with van der Waals surface area (Å²) < 4.78 is 35.2. The molecular formula is C7H14ClNO5S. The van der Waals surface area contributed by atoms with Crippen molar-refractivity contribution in [3.8, 4) is 0 Å². The zero-order valence-corrected chi connectivity index (χ0v) is 9.78. The Balaban J connectivity index is 3.79. The van der Waals surface area contributed by atoms with Crippen LogP contribution in [0.5, 0.6) is 0 Å². The smallest absolute Gasteiger partial charge is 0.335 e. The molecule has 0 radical (unpaired) electrons. The maximum Gasteiger partial charge on any atom is 0.335 e. The van der Waals surface area contributed by atoms with Gasteiger partial charge in [-0.15, -0.1) is 0 Å². The molecule has 90 valence electrons. The lowest BCUT2D eigenvalue weighted by molar-refractivity contribution is 0.0405.